The number of halogens is 1. The second-order valence-corrected chi connectivity index (χ2v) is 8.73. The highest BCUT2D eigenvalue weighted by Crippen LogP contribution is 2.25. The van der Waals surface area contributed by atoms with Gasteiger partial charge in [0.2, 0.25) is 5.91 Å². The van der Waals surface area contributed by atoms with Gasteiger partial charge in [-0.1, -0.05) is 23.7 Å². The van der Waals surface area contributed by atoms with Crippen LogP contribution in [-0.4, -0.2) is 38.1 Å². The number of aryl methyl sites for hydroxylation is 1. The lowest BCUT2D eigenvalue weighted by Gasteiger charge is -2.32. The van der Waals surface area contributed by atoms with Crippen LogP contribution in [0.5, 0.6) is 5.75 Å². The van der Waals surface area contributed by atoms with Crippen LogP contribution in [0.3, 0.4) is 0 Å². The predicted molar refractivity (Wildman–Crippen MR) is 117 cm³/mol. The molecule has 0 bridgehead atoms. The van der Waals surface area contributed by atoms with E-state index in [9.17, 15) is 9.59 Å². The molecule has 2 heterocycles. The van der Waals surface area contributed by atoms with E-state index in [-0.39, 0.29) is 17.9 Å². The largest absolute Gasteiger partial charge is 0.497 e. The molecule has 2 fully saturated rings. The summed E-state index contributed by atoms with van der Waals surface area (Å²) in [5, 5.41) is 0.594. The van der Waals surface area contributed by atoms with Crippen LogP contribution >= 0.6 is 11.6 Å². The molecule has 1 atom stereocenters. The fraction of sp³-hybridized carbons (Fsp3) is 0.417. The Kier molecular flexibility index (Phi) is 6.40. The molecule has 0 saturated carbocycles. The summed E-state index contributed by atoms with van der Waals surface area (Å²) in [7, 11) is 1.68. The minimum atomic E-state index is -0.254. The molecular weight excluding hydrogens is 400 g/mol. The number of nitrogens with zero attached hydrogens (tertiary/aromatic N) is 1. The topological polar surface area (TPSA) is 51.1 Å². The maximum atomic E-state index is 13.0. The van der Waals surface area contributed by atoms with E-state index in [1.165, 1.54) is 15.4 Å². The number of amides is 2. The third-order valence-corrected chi connectivity index (χ3v) is 6.72. The quantitative estimate of drug-likeness (QED) is 0.721. The second-order valence-electron chi connectivity index (χ2n) is 8.29. The molecule has 30 heavy (non-hydrogen) atoms. The third kappa shape index (κ3) is 4.52. The van der Waals surface area contributed by atoms with Crippen molar-refractivity contribution in [3.63, 3.8) is 0 Å². The highest BCUT2D eigenvalue weighted by Gasteiger charge is 2.46. The first-order valence-corrected chi connectivity index (χ1v) is 11.0. The first-order chi connectivity index (χ1) is 14.5. The molecule has 2 aromatic rings. The number of ether oxygens (including phenoxy) is 1. The van der Waals surface area contributed by atoms with Crippen molar-refractivity contribution in [3.8, 4) is 5.75 Å². The van der Waals surface area contributed by atoms with Crippen molar-refractivity contribution in [1.82, 2.24) is 0 Å². The van der Waals surface area contributed by atoms with E-state index in [0.29, 0.717) is 23.0 Å². The van der Waals surface area contributed by atoms with Crippen LogP contribution in [0.15, 0.2) is 48.5 Å². The summed E-state index contributed by atoms with van der Waals surface area (Å²) in [5.41, 5.74) is 1.95. The number of hydrogen-bond donors (Lipinski definition) is 1. The van der Waals surface area contributed by atoms with E-state index >= 15 is 0 Å². The smallest absolute Gasteiger partial charge is 0.292 e. The lowest BCUT2D eigenvalue weighted by Crippen LogP contribution is -3.17. The SMILES string of the molecule is COc1ccc(CCC2CC[NH+]([C@H]3CC(=O)N(c4ccc(Cl)cc4)C3=O)CC2)cc1. The monoisotopic (exact) mass is 427 g/mol. The molecule has 158 valence electrons. The minimum absolute atomic E-state index is 0.0750. The van der Waals surface area contributed by atoms with Crippen LogP contribution in [-0.2, 0) is 16.0 Å². The van der Waals surface area contributed by atoms with Gasteiger partial charge in [-0.3, -0.25) is 9.59 Å². The van der Waals surface area contributed by atoms with Gasteiger partial charge in [0.25, 0.3) is 5.91 Å². The standard InChI is InChI=1S/C24H27ClN2O3/c1-30-21-10-4-17(5-11-21)2-3-18-12-14-26(15-13-18)22-16-23(28)27(24(22)29)20-8-6-19(25)7-9-20/h4-11,18,22H,2-3,12-16H2,1H3/p+1/t22-/m0/s1. The van der Waals surface area contributed by atoms with Crippen molar-refractivity contribution in [2.75, 3.05) is 25.1 Å². The third-order valence-electron chi connectivity index (χ3n) is 6.47. The number of benzene rings is 2. The first kappa shape index (κ1) is 20.9. The number of carbonyl (C=O) groups excluding carboxylic acids is 2. The molecule has 0 aromatic heterocycles. The maximum absolute atomic E-state index is 13.0. The Balaban J connectivity index is 1.30. The summed E-state index contributed by atoms with van der Waals surface area (Å²) in [6.07, 6.45) is 4.73. The zero-order valence-corrected chi connectivity index (χ0v) is 18.0. The van der Waals surface area contributed by atoms with E-state index in [0.717, 1.165) is 44.5 Å². The molecule has 0 unspecified atom stereocenters. The van der Waals surface area contributed by atoms with Gasteiger partial charge in [-0.15, -0.1) is 0 Å². The van der Waals surface area contributed by atoms with Gasteiger partial charge in [-0.05, 0) is 73.6 Å². The van der Waals surface area contributed by atoms with E-state index in [1.807, 2.05) is 12.1 Å². The highest BCUT2D eigenvalue weighted by molar-refractivity contribution is 6.30. The van der Waals surface area contributed by atoms with Crippen molar-refractivity contribution in [2.24, 2.45) is 5.92 Å². The Hall–Kier alpha value is -2.37. The van der Waals surface area contributed by atoms with Gasteiger partial charge in [0, 0.05) is 5.02 Å². The number of carbonyl (C=O) groups is 2. The molecule has 2 aromatic carbocycles. The number of anilines is 1. The highest BCUT2D eigenvalue weighted by atomic mass is 35.5. The van der Waals surface area contributed by atoms with Gasteiger partial charge in [0.15, 0.2) is 6.04 Å². The van der Waals surface area contributed by atoms with Crippen LogP contribution in [0.4, 0.5) is 5.69 Å². The van der Waals surface area contributed by atoms with Crippen molar-refractivity contribution < 1.29 is 19.2 Å². The van der Waals surface area contributed by atoms with E-state index in [2.05, 4.69) is 12.1 Å². The summed E-state index contributed by atoms with van der Waals surface area (Å²) >= 11 is 5.94. The van der Waals surface area contributed by atoms with Gasteiger partial charge in [-0.25, -0.2) is 4.90 Å². The van der Waals surface area contributed by atoms with E-state index in [1.54, 1.807) is 31.4 Å². The fourth-order valence-corrected chi connectivity index (χ4v) is 4.79. The molecule has 1 N–H and O–H groups in total. The molecule has 4 rings (SSSR count). The number of likely N-dealkylation sites (tertiary alicyclic amines) is 1. The number of nitrogens with one attached hydrogen (secondary N) is 1. The Labute approximate surface area is 182 Å². The lowest BCUT2D eigenvalue weighted by molar-refractivity contribution is -0.920. The number of rotatable bonds is 6. The van der Waals surface area contributed by atoms with Gasteiger partial charge in [0.1, 0.15) is 5.75 Å². The maximum Gasteiger partial charge on any atom is 0.292 e. The van der Waals surface area contributed by atoms with Crippen LogP contribution < -0.4 is 14.5 Å². The fourth-order valence-electron chi connectivity index (χ4n) is 4.66. The number of piperidine rings is 1. The Morgan fingerprint density at radius 3 is 2.33 bits per heavy atom. The molecular formula is C24H28ClN2O3+. The number of quaternary nitrogens is 1. The van der Waals surface area contributed by atoms with Crippen LogP contribution in [0.2, 0.25) is 5.02 Å². The molecule has 6 heteroatoms. The van der Waals surface area contributed by atoms with Crippen molar-refractivity contribution in [1.29, 1.82) is 0 Å². The van der Waals surface area contributed by atoms with E-state index < -0.39 is 0 Å². The van der Waals surface area contributed by atoms with E-state index in [4.69, 9.17) is 16.3 Å². The van der Waals surface area contributed by atoms with Crippen molar-refractivity contribution in [3.05, 3.63) is 59.1 Å². The van der Waals surface area contributed by atoms with Gasteiger partial charge in [0.05, 0.1) is 32.3 Å². The molecule has 2 saturated heterocycles. The number of imide groups is 1. The molecule has 2 aliphatic heterocycles. The van der Waals surface area contributed by atoms with Crippen molar-refractivity contribution in [2.45, 2.75) is 38.1 Å². The zero-order valence-electron chi connectivity index (χ0n) is 17.3. The zero-order chi connectivity index (χ0) is 21.1. The molecule has 2 aliphatic rings. The molecule has 0 aliphatic carbocycles. The summed E-state index contributed by atoms with van der Waals surface area (Å²) in [6, 6.07) is 14.9. The Morgan fingerprint density at radius 2 is 1.70 bits per heavy atom. The van der Waals surface area contributed by atoms with Crippen LogP contribution in [0, 0.1) is 5.92 Å². The average molecular weight is 428 g/mol. The number of methoxy groups -OCH3 is 1. The first-order valence-electron chi connectivity index (χ1n) is 10.6. The minimum Gasteiger partial charge on any atom is -0.497 e. The summed E-state index contributed by atoms with van der Waals surface area (Å²) in [5.74, 6) is 1.38. The predicted octanol–water partition coefficient (Wildman–Crippen LogP) is 2.91. The molecule has 0 radical (unpaired) electrons. The molecule has 2 amide bonds. The van der Waals surface area contributed by atoms with Gasteiger partial charge >= 0.3 is 0 Å². The average Bonchev–Trinajstić information content (AvgIpc) is 3.07. The summed E-state index contributed by atoms with van der Waals surface area (Å²) < 4.78 is 5.22. The van der Waals surface area contributed by atoms with Gasteiger partial charge in [-0.2, -0.15) is 0 Å². The summed E-state index contributed by atoms with van der Waals surface area (Å²) in [4.78, 5) is 28.1. The van der Waals surface area contributed by atoms with Crippen LogP contribution in [0.25, 0.3) is 0 Å². The lowest BCUT2D eigenvalue weighted by atomic mass is 9.90. The van der Waals surface area contributed by atoms with Crippen molar-refractivity contribution >= 4 is 29.1 Å². The molecule has 5 nitrogen and oxygen atoms in total. The normalized spacial score (nSPS) is 24.3. The summed E-state index contributed by atoms with van der Waals surface area (Å²) in [6.45, 7) is 1.90. The number of hydrogen-bond acceptors (Lipinski definition) is 3. The second kappa shape index (κ2) is 9.19. The Bertz CT molecular complexity index is 890. The van der Waals surface area contributed by atoms with Gasteiger partial charge < -0.3 is 9.64 Å². The Morgan fingerprint density at radius 1 is 1.03 bits per heavy atom. The molecule has 0 spiro atoms. The van der Waals surface area contributed by atoms with Crippen LogP contribution in [0.1, 0.15) is 31.2 Å².